The molecule has 0 saturated carbocycles. The minimum absolute atomic E-state index is 0.129. The van der Waals surface area contributed by atoms with E-state index in [2.05, 4.69) is 4.98 Å². The van der Waals surface area contributed by atoms with Crippen LogP contribution >= 0.6 is 22.9 Å². The Morgan fingerprint density at radius 1 is 1.33 bits per heavy atom. The SMILES string of the molecule is OC(c1cccc(Cl)c1)c1cnc(C(F)(F)F)s1. The van der Waals surface area contributed by atoms with Gasteiger partial charge in [-0.25, -0.2) is 4.98 Å². The molecule has 0 saturated heterocycles. The van der Waals surface area contributed by atoms with Crippen molar-refractivity contribution in [3.05, 3.63) is 50.9 Å². The number of benzene rings is 1. The molecule has 1 atom stereocenters. The number of nitrogens with zero attached hydrogens (tertiary/aromatic N) is 1. The van der Waals surface area contributed by atoms with Crippen LogP contribution in [0.5, 0.6) is 0 Å². The minimum Gasteiger partial charge on any atom is -0.383 e. The fourth-order valence-corrected chi connectivity index (χ4v) is 2.38. The maximum Gasteiger partial charge on any atom is 0.443 e. The zero-order valence-electron chi connectivity index (χ0n) is 8.78. The molecule has 0 bridgehead atoms. The van der Waals surface area contributed by atoms with E-state index in [4.69, 9.17) is 11.6 Å². The van der Waals surface area contributed by atoms with Crippen molar-refractivity contribution >= 4 is 22.9 Å². The molecule has 1 N–H and O–H groups in total. The molecular weight excluding hydrogens is 287 g/mol. The summed E-state index contributed by atoms with van der Waals surface area (Å²) in [6, 6.07) is 6.32. The molecule has 0 fully saturated rings. The molecule has 2 rings (SSSR count). The first-order valence-electron chi connectivity index (χ1n) is 4.84. The van der Waals surface area contributed by atoms with Crippen molar-refractivity contribution in [1.82, 2.24) is 4.98 Å². The molecule has 1 heterocycles. The van der Waals surface area contributed by atoms with Crippen LogP contribution in [-0.4, -0.2) is 10.1 Å². The second kappa shape index (κ2) is 4.87. The van der Waals surface area contributed by atoms with Crippen molar-refractivity contribution in [2.75, 3.05) is 0 Å². The van der Waals surface area contributed by atoms with Crippen LogP contribution in [0, 0.1) is 0 Å². The first-order chi connectivity index (χ1) is 8.38. The average Bonchev–Trinajstić information content (AvgIpc) is 2.77. The topological polar surface area (TPSA) is 33.1 Å². The summed E-state index contributed by atoms with van der Waals surface area (Å²) in [7, 11) is 0. The molecule has 1 aromatic heterocycles. The zero-order chi connectivity index (χ0) is 13.3. The maximum atomic E-state index is 12.4. The van der Waals surface area contributed by atoms with Crippen molar-refractivity contribution in [3.63, 3.8) is 0 Å². The summed E-state index contributed by atoms with van der Waals surface area (Å²) in [5.74, 6) is 0. The zero-order valence-corrected chi connectivity index (χ0v) is 10.4. The number of aliphatic hydroxyl groups is 1. The number of aromatic nitrogens is 1. The predicted molar refractivity (Wildman–Crippen MR) is 62.6 cm³/mol. The first kappa shape index (κ1) is 13.3. The van der Waals surface area contributed by atoms with Gasteiger partial charge in [-0.1, -0.05) is 23.7 Å². The van der Waals surface area contributed by atoms with E-state index in [0.717, 1.165) is 6.20 Å². The van der Waals surface area contributed by atoms with Gasteiger partial charge >= 0.3 is 6.18 Å². The van der Waals surface area contributed by atoms with E-state index in [1.54, 1.807) is 18.2 Å². The number of hydrogen-bond acceptors (Lipinski definition) is 3. The monoisotopic (exact) mass is 293 g/mol. The smallest absolute Gasteiger partial charge is 0.383 e. The highest BCUT2D eigenvalue weighted by molar-refractivity contribution is 7.11. The highest BCUT2D eigenvalue weighted by atomic mass is 35.5. The lowest BCUT2D eigenvalue weighted by atomic mass is 10.1. The quantitative estimate of drug-likeness (QED) is 0.911. The van der Waals surface area contributed by atoms with E-state index in [1.165, 1.54) is 6.07 Å². The van der Waals surface area contributed by atoms with Crippen LogP contribution in [0.3, 0.4) is 0 Å². The molecule has 96 valence electrons. The summed E-state index contributed by atoms with van der Waals surface area (Å²) in [6.45, 7) is 0. The number of thiazole rings is 1. The molecule has 1 unspecified atom stereocenters. The number of halogens is 4. The Balaban J connectivity index is 2.29. The number of rotatable bonds is 2. The van der Waals surface area contributed by atoms with Crippen LogP contribution in [0.25, 0.3) is 0 Å². The highest BCUT2D eigenvalue weighted by Crippen LogP contribution is 2.36. The lowest BCUT2D eigenvalue weighted by Gasteiger charge is -2.08. The van der Waals surface area contributed by atoms with Gasteiger partial charge in [0.25, 0.3) is 0 Å². The molecule has 18 heavy (non-hydrogen) atoms. The van der Waals surface area contributed by atoms with Gasteiger partial charge in [0.1, 0.15) is 6.10 Å². The van der Waals surface area contributed by atoms with E-state index in [1.807, 2.05) is 0 Å². The van der Waals surface area contributed by atoms with Gasteiger partial charge in [-0.15, -0.1) is 11.3 Å². The van der Waals surface area contributed by atoms with Crippen LogP contribution in [0.2, 0.25) is 5.02 Å². The second-order valence-corrected chi connectivity index (χ2v) is 5.02. The van der Waals surface area contributed by atoms with Gasteiger partial charge < -0.3 is 5.11 Å². The van der Waals surface area contributed by atoms with E-state index in [9.17, 15) is 18.3 Å². The summed E-state index contributed by atoms with van der Waals surface area (Å²) < 4.78 is 37.1. The fraction of sp³-hybridized carbons (Fsp3) is 0.182. The maximum absolute atomic E-state index is 12.4. The number of hydrogen-bond donors (Lipinski definition) is 1. The summed E-state index contributed by atoms with van der Waals surface area (Å²) in [5.41, 5.74) is 0.430. The van der Waals surface area contributed by atoms with Gasteiger partial charge in [-0.3, -0.25) is 0 Å². The van der Waals surface area contributed by atoms with E-state index in [-0.39, 0.29) is 4.88 Å². The van der Waals surface area contributed by atoms with Crippen molar-refractivity contribution in [3.8, 4) is 0 Å². The Kier molecular flexibility index (Phi) is 3.61. The van der Waals surface area contributed by atoms with Crippen molar-refractivity contribution in [2.24, 2.45) is 0 Å². The molecular formula is C11H7ClF3NOS. The molecule has 2 aromatic rings. The highest BCUT2D eigenvalue weighted by Gasteiger charge is 2.35. The van der Waals surface area contributed by atoms with Gasteiger partial charge in [-0.2, -0.15) is 13.2 Å². The number of alkyl halides is 3. The summed E-state index contributed by atoms with van der Waals surface area (Å²) >= 11 is 6.17. The molecule has 0 aliphatic carbocycles. The van der Waals surface area contributed by atoms with Crippen LogP contribution < -0.4 is 0 Å². The van der Waals surface area contributed by atoms with Crippen molar-refractivity contribution in [1.29, 1.82) is 0 Å². The van der Waals surface area contributed by atoms with E-state index in [0.29, 0.717) is 21.9 Å². The Hall–Kier alpha value is -1.11. The largest absolute Gasteiger partial charge is 0.443 e. The fourth-order valence-electron chi connectivity index (χ4n) is 1.38. The minimum atomic E-state index is -4.49. The lowest BCUT2D eigenvalue weighted by Crippen LogP contribution is -2.03. The molecule has 2 nitrogen and oxygen atoms in total. The molecule has 0 radical (unpaired) electrons. The van der Waals surface area contributed by atoms with Crippen molar-refractivity contribution in [2.45, 2.75) is 12.3 Å². The lowest BCUT2D eigenvalue weighted by molar-refractivity contribution is -0.137. The van der Waals surface area contributed by atoms with Gasteiger partial charge in [0.15, 0.2) is 5.01 Å². The normalized spacial score (nSPS) is 13.6. The molecule has 0 aliphatic rings. The second-order valence-electron chi connectivity index (χ2n) is 3.52. The van der Waals surface area contributed by atoms with Gasteiger partial charge in [0.2, 0.25) is 0 Å². The first-order valence-corrected chi connectivity index (χ1v) is 6.04. The van der Waals surface area contributed by atoms with Crippen LogP contribution in [0.1, 0.15) is 21.6 Å². The van der Waals surface area contributed by atoms with Gasteiger partial charge in [-0.05, 0) is 17.7 Å². The third-order valence-electron chi connectivity index (χ3n) is 2.20. The van der Waals surface area contributed by atoms with Crippen molar-refractivity contribution < 1.29 is 18.3 Å². The number of aliphatic hydroxyl groups excluding tert-OH is 1. The Morgan fingerprint density at radius 2 is 2.06 bits per heavy atom. The van der Waals surface area contributed by atoms with Crippen LogP contribution in [0.15, 0.2) is 30.5 Å². The Labute approximate surface area is 110 Å². The van der Waals surface area contributed by atoms with Crippen LogP contribution in [0.4, 0.5) is 13.2 Å². The molecule has 0 aliphatic heterocycles. The average molecular weight is 294 g/mol. The summed E-state index contributed by atoms with van der Waals surface area (Å²) in [6.07, 6.45) is -4.62. The standard InChI is InChI=1S/C11H7ClF3NOS/c12-7-3-1-2-6(4-7)9(17)8-5-16-10(18-8)11(13,14)15/h1-5,9,17H. The van der Waals surface area contributed by atoms with E-state index < -0.39 is 17.3 Å². The third-order valence-corrected chi connectivity index (χ3v) is 3.53. The van der Waals surface area contributed by atoms with E-state index >= 15 is 0 Å². The molecule has 1 aromatic carbocycles. The third kappa shape index (κ3) is 2.82. The Bertz CT molecular complexity index is 555. The van der Waals surface area contributed by atoms with Gasteiger partial charge in [0.05, 0.1) is 4.88 Å². The van der Waals surface area contributed by atoms with Crippen LogP contribution in [-0.2, 0) is 6.18 Å². The molecule has 0 amide bonds. The molecule has 0 spiro atoms. The predicted octanol–water partition coefficient (Wildman–Crippen LogP) is 3.90. The van der Waals surface area contributed by atoms with Gasteiger partial charge in [0, 0.05) is 11.2 Å². The summed E-state index contributed by atoms with van der Waals surface area (Å²) in [5, 5.41) is 9.38. The molecule has 7 heteroatoms. The summed E-state index contributed by atoms with van der Waals surface area (Å²) in [4.78, 5) is 3.39. The Morgan fingerprint density at radius 3 is 2.61 bits per heavy atom.